The fourth-order valence-corrected chi connectivity index (χ4v) is 3.90. The lowest BCUT2D eigenvalue weighted by Gasteiger charge is -2.30. The Morgan fingerprint density at radius 3 is 2.26 bits per heavy atom. The Hall–Kier alpha value is -1.84. The van der Waals surface area contributed by atoms with Gasteiger partial charge in [0.05, 0.1) is 0 Å². The van der Waals surface area contributed by atoms with Crippen LogP contribution in [-0.2, 0) is 15.0 Å². The maximum atomic E-state index is 12.8. The molecule has 0 heterocycles. The van der Waals surface area contributed by atoms with E-state index in [4.69, 9.17) is 0 Å². The molecule has 1 aromatic carbocycles. The fraction of sp³-hybridized carbons (Fsp3) is 0.652. The molecule has 4 heteroatoms. The molecule has 2 rings (SSSR count). The molecule has 1 aliphatic carbocycles. The van der Waals surface area contributed by atoms with Crippen molar-refractivity contribution in [3.05, 3.63) is 29.8 Å². The summed E-state index contributed by atoms with van der Waals surface area (Å²) in [5.41, 5.74) is 2.05. The number of hydrogen-bond donors (Lipinski definition) is 1. The highest BCUT2D eigenvalue weighted by Crippen LogP contribution is 2.33. The minimum Gasteiger partial charge on any atom is -0.346 e. The van der Waals surface area contributed by atoms with Crippen LogP contribution in [0.2, 0.25) is 0 Å². The van der Waals surface area contributed by atoms with E-state index in [0.717, 1.165) is 56.3 Å². The van der Waals surface area contributed by atoms with Crippen LogP contribution < -0.4 is 5.32 Å². The minimum atomic E-state index is -0.0168. The molecule has 27 heavy (non-hydrogen) atoms. The van der Waals surface area contributed by atoms with Crippen molar-refractivity contribution in [3.8, 4) is 0 Å². The molecule has 0 saturated heterocycles. The van der Waals surface area contributed by atoms with Crippen LogP contribution in [0.3, 0.4) is 0 Å². The first-order valence-corrected chi connectivity index (χ1v) is 10.4. The summed E-state index contributed by atoms with van der Waals surface area (Å²) in [5, 5.41) is 3.15. The van der Waals surface area contributed by atoms with Gasteiger partial charge in [-0.1, -0.05) is 52.3 Å². The third-order valence-electron chi connectivity index (χ3n) is 5.66. The number of hydrogen-bond acceptors (Lipinski definition) is 2. The molecule has 0 aliphatic heterocycles. The molecule has 0 atom stereocenters. The van der Waals surface area contributed by atoms with Gasteiger partial charge in [-0.15, -0.1) is 0 Å². The summed E-state index contributed by atoms with van der Waals surface area (Å²) in [4.78, 5) is 27.2. The Morgan fingerprint density at radius 1 is 1.07 bits per heavy atom. The summed E-state index contributed by atoms with van der Waals surface area (Å²) in [6.07, 6.45) is 5.36. The molecule has 0 bridgehead atoms. The average molecular weight is 373 g/mol. The van der Waals surface area contributed by atoms with Crippen LogP contribution in [-0.4, -0.2) is 30.3 Å². The normalized spacial score (nSPS) is 20.2. The van der Waals surface area contributed by atoms with E-state index < -0.39 is 0 Å². The molecular formula is C23H36N2O2. The van der Waals surface area contributed by atoms with Gasteiger partial charge >= 0.3 is 0 Å². The second-order valence-electron chi connectivity index (χ2n) is 8.95. The number of carbonyl (C=O) groups excluding carboxylic acids is 2. The van der Waals surface area contributed by atoms with Gasteiger partial charge in [-0.05, 0) is 49.1 Å². The Bertz CT molecular complexity index is 640. The van der Waals surface area contributed by atoms with Crippen molar-refractivity contribution in [1.29, 1.82) is 0 Å². The van der Waals surface area contributed by atoms with Gasteiger partial charge in [0.25, 0.3) is 0 Å². The van der Waals surface area contributed by atoms with Crippen LogP contribution in [0.25, 0.3) is 0 Å². The monoisotopic (exact) mass is 372 g/mol. The number of nitrogens with one attached hydrogen (secondary N) is 1. The molecule has 1 saturated carbocycles. The maximum Gasteiger partial charge on any atom is 0.227 e. The van der Waals surface area contributed by atoms with Gasteiger partial charge in [0.2, 0.25) is 11.8 Å². The number of rotatable bonds is 6. The quantitative estimate of drug-likeness (QED) is 0.765. The Balaban J connectivity index is 1.92. The van der Waals surface area contributed by atoms with E-state index in [1.54, 1.807) is 0 Å². The Morgan fingerprint density at radius 2 is 1.67 bits per heavy atom. The summed E-state index contributed by atoms with van der Waals surface area (Å²) < 4.78 is 0. The van der Waals surface area contributed by atoms with Crippen molar-refractivity contribution in [1.82, 2.24) is 4.90 Å². The molecule has 150 valence electrons. The predicted octanol–water partition coefficient (Wildman–Crippen LogP) is 4.99. The van der Waals surface area contributed by atoms with Gasteiger partial charge in [0.1, 0.15) is 0 Å². The number of anilines is 1. The third kappa shape index (κ3) is 5.82. The van der Waals surface area contributed by atoms with Crippen LogP contribution in [0, 0.1) is 11.8 Å². The molecule has 2 amide bonds. The smallest absolute Gasteiger partial charge is 0.227 e. The second-order valence-corrected chi connectivity index (χ2v) is 8.95. The third-order valence-corrected chi connectivity index (χ3v) is 5.66. The summed E-state index contributed by atoms with van der Waals surface area (Å²) in [6, 6.07) is 8.04. The van der Waals surface area contributed by atoms with E-state index >= 15 is 0 Å². The molecule has 0 spiro atoms. The zero-order valence-electron chi connectivity index (χ0n) is 17.7. The standard InChI is InChI=1S/C23H36N2O2/c1-6-7-16-25(5)22(27)18-14-12-17(13-15-18)21(26)24-20-11-9-8-10-19(20)23(2,3)4/h8-11,17-18H,6-7,12-16H2,1-5H3,(H,24,26). The molecule has 0 radical (unpaired) electrons. The molecule has 1 fully saturated rings. The highest BCUT2D eigenvalue weighted by Gasteiger charge is 2.31. The number of amides is 2. The molecule has 1 aliphatic rings. The fourth-order valence-electron chi connectivity index (χ4n) is 3.90. The first kappa shape index (κ1) is 21.5. The van der Waals surface area contributed by atoms with Crippen molar-refractivity contribution in [2.45, 2.75) is 71.6 Å². The molecule has 1 aromatic rings. The summed E-state index contributed by atoms with van der Waals surface area (Å²) in [7, 11) is 1.90. The van der Waals surface area contributed by atoms with E-state index in [2.05, 4.69) is 39.1 Å². The van der Waals surface area contributed by atoms with E-state index in [9.17, 15) is 9.59 Å². The van der Waals surface area contributed by atoms with Crippen LogP contribution in [0.1, 0.15) is 71.8 Å². The SMILES string of the molecule is CCCCN(C)C(=O)C1CCC(C(=O)Nc2ccccc2C(C)(C)C)CC1. The summed E-state index contributed by atoms with van der Waals surface area (Å²) in [5.74, 6) is 0.429. The van der Waals surface area contributed by atoms with Crippen LogP contribution in [0.15, 0.2) is 24.3 Å². The van der Waals surface area contributed by atoms with Gasteiger partial charge in [0, 0.05) is 31.1 Å². The molecule has 4 nitrogen and oxygen atoms in total. The van der Waals surface area contributed by atoms with Gasteiger partial charge in [-0.3, -0.25) is 9.59 Å². The van der Waals surface area contributed by atoms with Gasteiger partial charge in [0.15, 0.2) is 0 Å². The van der Waals surface area contributed by atoms with E-state index in [1.165, 1.54) is 0 Å². The Kier molecular flexibility index (Phi) is 7.46. The second kappa shape index (κ2) is 9.38. The van der Waals surface area contributed by atoms with Crippen molar-refractivity contribution in [2.24, 2.45) is 11.8 Å². The van der Waals surface area contributed by atoms with Gasteiger partial charge in [-0.2, -0.15) is 0 Å². The van der Waals surface area contributed by atoms with Crippen molar-refractivity contribution >= 4 is 17.5 Å². The first-order valence-electron chi connectivity index (χ1n) is 10.4. The lowest BCUT2D eigenvalue weighted by atomic mass is 9.80. The van der Waals surface area contributed by atoms with Crippen LogP contribution in [0.4, 0.5) is 5.69 Å². The van der Waals surface area contributed by atoms with E-state index in [1.807, 2.05) is 30.1 Å². The summed E-state index contributed by atoms with van der Waals surface area (Å²) in [6.45, 7) is 9.44. The molecule has 0 aromatic heterocycles. The highest BCUT2D eigenvalue weighted by atomic mass is 16.2. The van der Waals surface area contributed by atoms with Crippen LogP contribution >= 0.6 is 0 Å². The molecular weight excluding hydrogens is 336 g/mol. The largest absolute Gasteiger partial charge is 0.346 e. The lowest BCUT2D eigenvalue weighted by molar-refractivity contribution is -0.136. The Labute approximate surface area is 164 Å². The van der Waals surface area contributed by atoms with Crippen molar-refractivity contribution < 1.29 is 9.59 Å². The molecule has 0 unspecified atom stereocenters. The number of carbonyl (C=O) groups is 2. The minimum absolute atomic E-state index is 0.00280. The first-order chi connectivity index (χ1) is 12.7. The number of para-hydroxylation sites is 1. The lowest BCUT2D eigenvalue weighted by Crippen LogP contribution is -2.37. The average Bonchev–Trinajstić information content (AvgIpc) is 2.65. The molecule has 1 N–H and O–H groups in total. The zero-order valence-corrected chi connectivity index (χ0v) is 17.7. The summed E-state index contributed by atoms with van der Waals surface area (Å²) >= 11 is 0. The number of nitrogens with zero attached hydrogens (tertiary/aromatic N) is 1. The highest BCUT2D eigenvalue weighted by molar-refractivity contribution is 5.93. The maximum absolute atomic E-state index is 12.8. The van der Waals surface area contributed by atoms with Gasteiger partial charge in [-0.25, -0.2) is 0 Å². The topological polar surface area (TPSA) is 49.4 Å². The van der Waals surface area contributed by atoms with Gasteiger partial charge < -0.3 is 10.2 Å². The predicted molar refractivity (Wildman–Crippen MR) is 112 cm³/mol. The number of benzene rings is 1. The van der Waals surface area contributed by atoms with Crippen molar-refractivity contribution in [2.75, 3.05) is 18.9 Å². The van der Waals surface area contributed by atoms with Crippen LogP contribution in [0.5, 0.6) is 0 Å². The van der Waals surface area contributed by atoms with Crippen molar-refractivity contribution in [3.63, 3.8) is 0 Å². The van der Waals surface area contributed by atoms with E-state index in [0.29, 0.717) is 0 Å². The number of unbranched alkanes of at least 4 members (excludes halogenated alkanes) is 1. The zero-order chi connectivity index (χ0) is 20.0. The van der Waals surface area contributed by atoms with E-state index in [-0.39, 0.29) is 29.1 Å².